The van der Waals surface area contributed by atoms with Crippen LogP contribution in [0.1, 0.15) is 18.4 Å². The molecule has 0 saturated carbocycles. The van der Waals surface area contributed by atoms with E-state index in [-0.39, 0.29) is 6.61 Å². The van der Waals surface area contributed by atoms with Gasteiger partial charge in [-0.3, -0.25) is 9.80 Å². The van der Waals surface area contributed by atoms with Crippen molar-refractivity contribution >= 4 is 0 Å². The Labute approximate surface area is 146 Å². The Kier molecular flexibility index (Phi) is 8.53. The number of benzene rings is 1. The van der Waals surface area contributed by atoms with Crippen LogP contribution >= 0.6 is 0 Å². The molecule has 136 valence electrons. The summed E-state index contributed by atoms with van der Waals surface area (Å²) in [6.07, 6.45) is 2.42. The summed E-state index contributed by atoms with van der Waals surface area (Å²) >= 11 is 0. The van der Waals surface area contributed by atoms with Crippen molar-refractivity contribution in [3.8, 4) is 5.75 Å². The summed E-state index contributed by atoms with van der Waals surface area (Å²) in [5.74, 6) is 1.69. The highest BCUT2D eigenvalue weighted by molar-refractivity contribution is 5.33. The minimum atomic E-state index is 0.219. The molecule has 5 nitrogen and oxygen atoms in total. The van der Waals surface area contributed by atoms with Crippen molar-refractivity contribution in [3.05, 3.63) is 29.8 Å². The number of piperidine rings is 1. The molecular formula is C19H32N2O3. The van der Waals surface area contributed by atoms with Crippen LogP contribution in [0, 0.1) is 5.92 Å². The van der Waals surface area contributed by atoms with Gasteiger partial charge in [0.25, 0.3) is 0 Å². The number of methoxy groups -OCH3 is 2. The molecule has 1 saturated heterocycles. The lowest BCUT2D eigenvalue weighted by atomic mass is 9.95. The highest BCUT2D eigenvalue weighted by atomic mass is 16.5. The highest BCUT2D eigenvalue weighted by Crippen LogP contribution is 2.23. The number of likely N-dealkylation sites (tertiary alicyclic amines) is 1. The van der Waals surface area contributed by atoms with Crippen molar-refractivity contribution in [2.24, 2.45) is 5.92 Å². The summed E-state index contributed by atoms with van der Waals surface area (Å²) in [5.41, 5.74) is 1.26. The van der Waals surface area contributed by atoms with Crippen LogP contribution in [0.3, 0.4) is 0 Å². The summed E-state index contributed by atoms with van der Waals surface area (Å²) in [5, 5.41) is 9.22. The third-order valence-electron chi connectivity index (χ3n) is 4.84. The van der Waals surface area contributed by atoms with Crippen molar-refractivity contribution in [1.82, 2.24) is 9.80 Å². The maximum atomic E-state index is 9.22. The second-order valence-corrected chi connectivity index (χ2v) is 6.55. The molecular weight excluding hydrogens is 304 g/mol. The molecule has 0 aliphatic carbocycles. The van der Waals surface area contributed by atoms with E-state index in [4.69, 9.17) is 9.47 Å². The molecule has 24 heavy (non-hydrogen) atoms. The topological polar surface area (TPSA) is 45.2 Å². The van der Waals surface area contributed by atoms with Crippen LogP contribution in [-0.4, -0.2) is 75.1 Å². The Morgan fingerprint density at radius 1 is 1.17 bits per heavy atom. The van der Waals surface area contributed by atoms with Gasteiger partial charge in [-0.25, -0.2) is 0 Å². The summed E-state index contributed by atoms with van der Waals surface area (Å²) in [7, 11) is 3.47. The lowest BCUT2D eigenvalue weighted by Crippen LogP contribution is -2.40. The van der Waals surface area contributed by atoms with Crippen LogP contribution in [-0.2, 0) is 11.3 Å². The van der Waals surface area contributed by atoms with Gasteiger partial charge < -0.3 is 14.6 Å². The van der Waals surface area contributed by atoms with E-state index in [0.29, 0.717) is 5.92 Å². The molecule has 0 bridgehead atoms. The largest absolute Gasteiger partial charge is 0.496 e. The molecule has 0 amide bonds. The number of aliphatic hydroxyl groups is 1. The van der Waals surface area contributed by atoms with E-state index in [0.717, 1.165) is 51.6 Å². The summed E-state index contributed by atoms with van der Waals surface area (Å²) < 4.78 is 10.6. The third-order valence-corrected chi connectivity index (χ3v) is 4.84. The van der Waals surface area contributed by atoms with Gasteiger partial charge in [0.1, 0.15) is 5.75 Å². The molecule has 0 aromatic heterocycles. The van der Waals surface area contributed by atoms with Crippen LogP contribution in [0.2, 0.25) is 0 Å². The quantitative estimate of drug-likeness (QED) is 0.706. The van der Waals surface area contributed by atoms with Gasteiger partial charge in [-0.15, -0.1) is 0 Å². The average molecular weight is 336 g/mol. The highest BCUT2D eigenvalue weighted by Gasteiger charge is 2.22. The molecule has 5 heteroatoms. The minimum Gasteiger partial charge on any atom is -0.496 e. The van der Waals surface area contributed by atoms with Gasteiger partial charge in [0.05, 0.1) is 20.3 Å². The Morgan fingerprint density at radius 3 is 2.58 bits per heavy atom. The zero-order valence-electron chi connectivity index (χ0n) is 15.1. The van der Waals surface area contributed by atoms with Crippen LogP contribution in [0.15, 0.2) is 24.3 Å². The predicted octanol–water partition coefficient (Wildman–Crippen LogP) is 1.85. The number of ether oxygens (including phenoxy) is 2. The summed E-state index contributed by atoms with van der Waals surface area (Å²) in [6.45, 7) is 6.86. The minimum absolute atomic E-state index is 0.219. The van der Waals surface area contributed by atoms with Gasteiger partial charge >= 0.3 is 0 Å². The Morgan fingerprint density at radius 2 is 1.92 bits per heavy atom. The Hall–Kier alpha value is -1.14. The molecule has 1 aliphatic rings. The lowest BCUT2D eigenvalue weighted by Gasteiger charge is -2.35. The number of hydrogen-bond acceptors (Lipinski definition) is 5. The Bertz CT molecular complexity index is 462. The molecule has 0 atom stereocenters. The first-order valence-corrected chi connectivity index (χ1v) is 8.93. The van der Waals surface area contributed by atoms with E-state index in [9.17, 15) is 5.11 Å². The van der Waals surface area contributed by atoms with Crippen molar-refractivity contribution in [2.75, 3.05) is 60.2 Å². The molecule has 0 unspecified atom stereocenters. The molecule has 1 heterocycles. The fourth-order valence-corrected chi connectivity index (χ4v) is 3.42. The fraction of sp³-hybridized carbons (Fsp3) is 0.684. The number of rotatable bonds is 10. The first-order valence-electron chi connectivity index (χ1n) is 8.93. The van der Waals surface area contributed by atoms with Gasteiger partial charge in [-0.1, -0.05) is 18.2 Å². The van der Waals surface area contributed by atoms with E-state index in [1.165, 1.54) is 18.4 Å². The molecule has 2 rings (SSSR count). The second kappa shape index (κ2) is 10.7. The van der Waals surface area contributed by atoms with E-state index in [2.05, 4.69) is 21.9 Å². The third kappa shape index (κ3) is 6.06. The van der Waals surface area contributed by atoms with Gasteiger partial charge in [0.2, 0.25) is 0 Å². The monoisotopic (exact) mass is 336 g/mol. The van der Waals surface area contributed by atoms with Crippen molar-refractivity contribution in [1.29, 1.82) is 0 Å². The standard InChI is InChI=1S/C19H32N2O3/c1-23-14-12-21(11-13-22)15-17-7-9-20(10-8-17)16-18-5-3-4-6-19(18)24-2/h3-6,17,22H,7-16H2,1-2H3. The first kappa shape index (κ1) is 19.2. The van der Waals surface area contributed by atoms with Crippen molar-refractivity contribution in [2.45, 2.75) is 19.4 Å². The van der Waals surface area contributed by atoms with E-state index >= 15 is 0 Å². The molecule has 1 aromatic rings. The average Bonchev–Trinajstić information content (AvgIpc) is 2.62. The molecule has 1 aliphatic heterocycles. The normalized spacial score (nSPS) is 16.7. The number of para-hydroxylation sites is 1. The van der Waals surface area contributed by atoms with E-state index in [1.54, 1.807) is 14.2 Å². The van der Waals surface area contributed by atoms with Crippen LogP contribution in [0.5, 0.6) is 5.75 Å². The van der Waals surface area contributed by atoms with Crippen LogP contribution in [0.4, 0.5) is 0 Å². The second-order valence-electron chi connectivity index (χ2n) is 6.55. The smallest absolute Gasteiger partial charge is 0.123 e. The molecule has 1 fully saturated rings. The SMILES string of the molecule is COCCN(CCO)CC1CCN(Cc2ccccc2OC)CC1. The van der Waals surface area contributed by atoms with E-state index in [1.807, 2.05) is 12.1 Å². The van der Waals surface area contributed by atoms with Crippen LogP contribution < -0.4 is 4.74 Å². The maximum Gasteiger partial charge on any atom is 0.123 e. The van der Waals surface area contributed by atoms with Crippen LogP contribution in [0.25, 0.3) is 0 Å². The molecule has 1 N–H and O–H groups in total. The number of hydrogen-bond donors (Lipinski definition) is 1. The van der Waals surface area contributed by atoms with Gasteiger partial charge in [-0.2, -0.15) is 0 Å². The molecule has 0 spiro atoms. The van der Waals surface area contributed by atoms with Gasteiger partial charge in [0.15, 0.2) is 0 Å². The summed E-state index contributed by atoms with van der Waals surface area (Å²) in [4.78, 5) is 4.84. The Balaban J connectivity index is 1.78. The number of nitrogens with zero attached hydrogens (tertiary/aromatic N) is 2. The van der Waals surface area contributed by atoms with E-state index < -0.39 is 0 Å². The predicted molar refractivity (Wildman–Crippen MR) is 96.4 cm³/mol. The zero-order chi connectivity index (χ0) is 17.2. The lowest BCUT2D eigenvalue weighted by molar-refractivity contribution is 0.0974. The van der Waals surface area contributed by atoms with Gasteiger partial charge in [-0.05, 0) is 37.9 Å². The molecule has 0 radical (unpaired) electrons. The molecule has 1 aromatic carbocycles. The maximum absolute atomic E-state index is 9.22. The van der Waals surface area contributed by atoms with Gasteiger partial charge in [0, 0.05) is 38.9 Å². The summed E-state index contributed by atoms with van der Waals surface area (Å²) in [6, 6.07) is 8.28. The van der Waals surface area contributed by atoms with Crippen molar-refractivity contribution < 1.29 is 14.6 Å². The zero-order valence-corrected chi connectivity index (χ0v) is 15.1. The first-order chi connectivity index (χ1) is 11.8. The van der Waals surface area contributed by atoms with Crippen molar-refractivity contribution in [3.63, 3.8) is 0 Å². The number of aliphatic hydroxyl groups excluding tert-OH is 1. The fourth-order valence-electron chi connectivity index (χ4n) is 3.42.